The molecule has 0 aliphatic carbocycles. The molecule has 0 spiro atoms. The largest absolute Gasteiger partial charge is 0.462 e. The van der Waals surface area contributed by atoms with Gasteiger partial charge in [0.1, 0.15) is 13.2 Å². The Morgan fingerprint density at radius 1 is 0.328 bits per heavy atom. The molecule has 0 aromatic rings. The summed E-state index contributed by atoms with van der Waals surface area (Å²) < 4.78 is 16.8. The van der Waals surface area contributed by atoms with Crippen LogP contribution in [0.4, 0.5) is 0 Å². The van der Waals surface area contributed by atoms with Crippen molar-refractivity contribution in [2.24, 2.45) is 0 Å². The second-order valence-electron chi connectivity index (χ2n) is 18.5. The Morgan fingerprint density at radius 2 is 0.609 bits per heavy atom. The average molecular weight is 897 g/mol. The van der Waals surface area contributed by atoms with Gasteiger partial charge in [-0.15, -0.1) is 0 Å². The van der Waals surface area contributed by atoms with E-state index >= 15 is 0 Å². The van der Waals surface area contributed by atoms with Crippen LogP contribution in [0.1, 0.15) is 284 Å². The zero-order valence-electron chi connectivity index (χ0n) is 42.6. The van der Waals surface area contributed by atoms with E-state index in [4.69, 9.17) is 14.2 Å². The van der Waals surface area contributed by atoms with Gasteiger partial charge in [-0.05, 0) is 77.0 Å². The zero-order chi connectivity index (χ0) is 46.5. The van der Waals surface area contributed by atoms with Crippen LogP contribution < -0.4 is 0 Å². The van der Waals surface area contributed by atoms with Crippen LogP contribution in [0, 0.1) is 0 Å². The van der Waals surface area contributed by atoms with E-state index < -0.39 is 6.10 Å². The van der Waals surface area contributed by atoms with Crippen LogP contribution in [-0.2, 0) is 28.6 Å². The monoisotopic (exact) mass is 897 g/mol. The first-order valence-electron chi connectivity index (χ1n) is 27.6. The van der Waals surface area contributed by atoms with E-state index in [-0.39, 0.29) is 31.1 Å². The van der Waals surface area contributed by atoms with Crippen LogP contribution in [0.2, 0.25) is 0 Å². The van der Waals surface area contributed by atoms with Crippen molar-refractivity contribution in [1.29, 1.82) is 0 Å². The van der Waals surface area contributed by atoms with Gasteiger partial charge >= 0.3 is 17.9 Å². The van der Waals surface area contributed by atoms with Gasteiger partial charge in [0.25, 0.3) is 0 Å². The molecule has 0 bridgehead atoms. The first-order valence-corrected chi connectivity index (χ1v) is 27.6. The highest BCUT2D eigenvalue weighted by Crippen LogP contribution is 2.16. The summed E-state index contributed by atoms with van der Waals surface area (Å²) in [6, 6.07) is 0. The minimum absolute atomic E-state index is 0.0828. The molecule has 0 saturated heterocycles. The third-order valence-corrected chi connectivity index (χ3v) is 12.1. The van der Waals surface area contributed by atoms with Crippen LogP contribution >= 0.6 is 0 Å². The Hall–Kier alpha value is -2.63. The molecule has 0 saturated carbocycles. The molecule has 1 atom stereocenters. The highest BCUT2D eigenvalue weighted by atomic mass is 16.6. The Bertz CT molecular complexity index is 1120. The second-order valence-corrected chi connectivity index (χ2v) is 18.5. The molecule has 0 radical (unpaired) electrons. The average Bonchev–Trinajstić information content (AvgIpc) is 3.29. The van der Waals surface area contributed by atoms with E-state index in [1.165, 1.54) is 161 Å². The Kier molecular flexibility index (Phi) is 50.8. The van der Waals surface area contributed by atoms with Crippen molar-refractivity contribution in [3.8, 4) is 0 Å². The minimum Gasteiger partial charge on any atom is -0.462 e. The Morgan fingerprint density at radius 3 is 0.984 bits per heavy atom. The summed E-state index contributed by atoms with van der Waals surface area (Å²) in [7, 11) is 0. The Labute approximate surface area is 397 Å². The number of carbonyl (C=O) groups is 3. The van der Waals surface area contributed by atoms with Gasteiger partial charge in [0.2, 0.25) is 0 Å². The predicted molar refractivity (Wildman–Crippen MR) is 275 cm³/mol. The molecule has 64 heavy (non-hydrogen) atoms. The maximum atomic E-state index is 12.8. The van der Waals surface area contributed by atoms with Gasteiger partial charge in [0.15, 0.2) is 6.10 Å². The standard InChI is InChI=1S/C58H104O6/c1-4-7-10-13-16-19-22-24-25-26-27-28-29-30-31-32-33-35-36-39-42-45-48-51-57(60)63-54-55(53-62-56(59)50-47-44-41-38-21-18-15-12-9-6-3)64-58(61)52-49-46-43-40-37-34-23-20-17-14-11-8-5-2/h8,11,17,20,26-27,34,37,55H,4-7,9-10,12-16,18-19,21-25,28-33,35-36,38-54H2,1-3H3/b11-8-,20-17-,27-26-,37-34-. The summed E-state index contributed by atoms with van der Waals surface area (Å²) in [6.45, 7) is 6.51. The van der Waals surface area contributed by atoms with E-state index in [1.807, 2.05) is 0 Å². The smallest absolute Gasteiger partial charge is 0.306 e. The number of unbranched alkanes of at least 4 members (excludes halogenated alkanes) is 31. The molecule has 0 rings (SSSR count). The number of hydrogen-bond donors (Lipinski definition) is 0. The lowest BCUT2D eigenvalue weighted by atomic mass is 10.0. The quantitative estimate of drug-likeness (QED) is 0.0262. The molecule has 6 heteroatoms. The molecule has 0 fully saturated rings. The molecule has 1 unspecified atom stereocenters. The lowest BCUT2D eigenvalue weighted by Crippen LogP contribution is -2.30. The van der Waals surface area contributed by atoms with Crippen molar-refractivity contribution in [2.45, 2.75) is 290 Å². The van der Waals surface area contributed by atoms with E-state index in [2.05, 4.69) is 69.4 Å². The molecule has 0 aliphatic rings. The fourth-order valence-corrected chi connectivity index (χ4v) is 7.92. The lowest BCUT2D eigenvalue weighted by molar-refractivity contribution is -0.167. The van der Waals surface area contributed by atoms with Crippen molar-refractivity contribution in [1.82, 2.24) is 0 Å². The first kappa shape index (κ1) is 61.4. The summed E-state index contributed by atoms with van der Waals surface area (Å²) >= 11 is 0. The summed E-state index contributed by atoms with van der Waals surface area (Å²) in [5.41, 5.74) is 0. The summed E-state index contributed by atoms with van der Waals surface area (Å²) in [5.74, 6) is -0.906. The SMILES string of the molecule is CC/C=C\C/C=C\C/C=C\CCCCCC(=O)OC(COC(=O)CCCCCCCCCCCC)COC(=O)CCCCCCCCCCCCC/C=C\CCCCCCCCCC. The molecule has 0 aliphatic heterocycles. The van der Waals surface area contributed by atoms with Gasteiger partial charge in [-0.3, -0.25) is 14.4 Å². The number of esters is 3. The number of ether oxygens (including phenoxy) is 3. The lowest BCUT2D eigenvalue weighted by Gasteiger charge is -2.18. The van der Waals surface area contributed by atoms with Crippen molar-refractivity contribution in [3.05, 3.63) is 48.6 Å². The highest BCUT2D eigenvalue weighted by Gasteiger charge is 2.19. The van der Waals surface area contributed by atoms with Gasteiger partial charge in [0, 0.05) is 19.3 Å². The number of rotatable bonds is 50. The van der Waals surface area contributed by atoms with Crippen LogP contribution in [-0.4, -0.2) is 37.2 Å². The molecule has 0 amide bonds. The molecule has 0 aromatic carbocycles. The number of allylic oxidation sites excluding steroid dienone is 8. The van der Waals surface area contributed by atoms with Crippen LogP contribution in [0.15, 0.2) is 48.6 Å². The zero-order valence-corrected chi connectivity index (χ0v) is 42.6. The van der Waals surface area contributed by atoms with Crippen molar-refractivity contribution in [3.63, 3.8) is 0 Å². The fourth-order valence-electron chi connectivity index (χ4n) is 7.92. The van der Waals surface area contributed by atoms with Gasteiger partial charge in [0.05, 0.1) is 0 Å². The normalized spacial score (nSPS) is 12.4. The summed E-state index contributed by atoms with van der Waals surface area (Å²) in [4.78, 5) is 37.9. The van der Waals surface area contributed by atoms with Gasteiger partial charge in [-0.1, -0.05) is 236 Å². The summed E-state index contributed by atoms with van der Waals surface area (Å²) in [5, 5.41) is 0. The maximum absolute atomic E-state index is 12.8. The van der Waals surface area contributed by atoms with E-state index in [9.17, 15) is 14.4 Å². The van der Waals surface area contributed by atoms with Crippen molar-refractivity contribution >= 4 is 17.9 Å². The number of hydrogen-bond acceptors (Lipinski definition) is 6. The molecule has 6 nitrogen and oxygen atoms in total. The van der Waals surface area contributed by atoms with Crippen LogP contribution in [0.5, 0.6) is 0 Å². The van der Waals surface area contributed by atoms with E-state index in [0.717, 1.165) is 83.5 Å². The third kappa shape index (κ3) is 50.4. The van der Waals surface area contributed by atoms with Gasteiger partial charge in [-0.25, -0.2) is 0 Å². The second kappa shape index (κ2) is 53.0. The molecule has 0 heterocycles. The van der Waals surface area contributed by atoms with E-state index in [1.54, 1.807) is 0 Å². The minimum atomic E-state index is -0.784. The molecule has 0 aromatic heterocycles. The maximum Gasteiger partial charge on any atom is 0.306 e. The Balaban J connectivity index is 4.24. The highest BCUT2D eigenvalue weighted by molar-refractivity contribution is 5.71. The predicted octanol–water partition coefficient (Wildman–Crippen LogP) is 18.3. The van der Waals surface area contributed by atoms with Gasteiger partial charge < -0.3 is 14.2 Å². The molecule has 0 N–H and O–H groups in total. The first-order chi connectivity index (χ1) is 31.5. The third-order valence-electron chi connectivity index (χ3n) is 12.1. The topological polar surface area (TPSA) is 78.9 Å². The van der Waals surface area contributed by atoms with Crippen molar-refractivity contribution in [2.75, 3.05) is 13.2 Å². The molecular weight excluding hydrogens is 793 g/mol. The molecule has 372 valence electrons. The van der Waals surface area contributed by atoms with E-state index in [0.29, 0.717) is 19.3 Å². The van der Waals surface area contributed by atoms with Crippen LogP contribution in [0.25, 0.3) is 0 Å². The molecular formula is C58H104O6. The number of carbonyl (C=O) groups excluding carboxylic acids is 3. The fraction of sp³-hybridized carbons (Fsp3) is 0.810. The summed E-state index contributed by atoms with van der Waals surface area (Å²) in [6.07, 6.45) is 64.0. The van der Waals surface area contributed by atoms with Gasteiger partial charge in [-0.2, -0.15) is 0 Å². The van der Waals surface area contributed by atoms with Crippen LogP contribution in [0.3, 0.4) is 0 Å². The van der Waals surface area contributed by atoms with Crippen molar-refractivity contribution < 1.29 is 28.6 Å².